The molecule has 1 aromatic carbocycles. The van der Waals surface area contributed by atoms with E-state index in [1.165, 1.54) is 12.1 Å². The number of aromatic nitrogens is 2. The summed E-state index contributed by atoms with van der Waals surface area (Å²) in [5.74, 6) is -2.56. The molecular weight excluding hydrogens is 540 g/mol. The molecule has 0 spiro atoms. The quantitative estimate of drug-likeness (QED) is 0.291. The van der Waals surface area contributed by atoms with Gasteiger partial charge < -0.3 is 21.1 Å². The Bertz CT molecular complexity index is 1290. The van der Waals surface area contributed by atoms with Crippen LogP contribution >= 0.6 is 0 Å². The van der Waals surface area contributed by atoms with Crippen LogP contribution in [0.4, 0.5) is 8.78 Å². The normalized spacial score (nSPS) is 18.2. The van der Waals surface area contributed by atoms with Gasteiger partial charge in [0.05, 0.1) is 17.2 Å². The van der Waals surface area contributed by atoms with E-state index in [1.54, 1.807) is 36.2 Å². The fraction of sp³-hybridized carbons (Fsp3) is 0.500. The number of benzene rings is 1. The molecule has 1 aromatic heterocycles. The van der Waals surface area contributed by atoms with Crippen LogP contribution in [0.1, 0.15) is 64.0 Å². The highest BCUT2D eigenvalue weighted by molar-refractivity contribution is 5.96. The second-order valence-corrected chi connectivity index (χ2v) is 11.0. The van der Waals surface area contributed by atoms with Gasteiger partial charge in [0.25, 0.3) is 0 Å². The molecule has 0 bridgehead atoms. The van der Waals surface area contributed by atoms with Gasteiger partial charge in [0.15, 0.2) is 0 Å². The molecule has 1 aliphatic rings. The average Bonchev–Trinajstić information content (AvgIpc) is 2.94. The van der Waals surface area contributed by atoms with Crippen LogP contribution in [-0.4, -0.2) is 57.5 Å². The predicted molar refractivity (Wildman–Crippen MR) is 158 cm³/mol. The van der Waals surface area contributed by atoms with E-state index in [0.717, 1.165) is 11.8 Å². The number of aryl methyl sites for hydroxylation is 1. The average molecular weight is 584 g/mol. The highest BCUT2D eigenvalue weighted by Gasteiger charge is 2.50. The van der Waals surface area contributed by atoms with Gasteiger partial charge in [0.1, 0.15) is 17.5 Å². The standard InChI is InChI=1S/C32H43F2N5O3/c1-5-10-39(11-6-2)31(42)32(17-21(4)12-23(18-32)30(35)41)27(15-22-13-24(33)16-25(34)14-22)28(40)20-36-19-26-8-9-37-29(7-3)38-26/h8-9,12-14,16-17,27-28,36,40H,5-7,10-11,15,18-20H2,1-4H3,(H2,35,41)/t27-,28+,32?/m1/s1. The fourth-order valence-electron chi connectivity index (χ4n) is 5.83. The monoisotopic (exact) mass is 583 g/mol. The minimum absolute atomic E-state index is 0.0152. The van der Waals surface area contributed by atoms with Crippen molar-refractivity contribution in [3.63, 3.8) is 0 Å². The third-order valence-corrected chi connectivity index (χ3v) is 7.60. The first-order chi connectivity index (χ1) is 20.0. The molecule has 0 radical (unpaired) electrons. The van der Waals surface area contributed by atoms with Gasteiger partial charge >= 0.3 is 0 Å². The zero-order valence-corrected chi connectivity index (χ0v) is 25.0. The van der Waals surface area contributed by atoms with E-state index in [0.29, 0.717) is 55.9 Å². The highest BCUT2D eigenvalue weighted by atomic mass is 19.1. The summed E-state index contributed by atoms with van der Waals surface area (Å²) in [6, 6.07) is 4.98. The van der Waals surface area contributed by atoms with Crippen LogP contribution in [0.3, 0.4) is 0 Å². The van der Waals surface area contributed by atoms with Gasteiger partial charge in [-0.25, -0.2) is 18.7 Å². The van der Waals surface area contributed by atoms with Gasteiger partial charge in [-0.2, -0.15) is 0 Å². The SMILES string of the molecule is CCCN(CCC)C(=O)C1([C@H](Cc2cc(F)cc(F)c2)[C@@H](O)CNCc2ccnc(CC)n2)C=C(C)C=C(C(N)=O)C1. The lowest BCUT2D eigenvalue weighted by Crippen LogP contribution is -2.54. The summed E-state index contributed by atoms with van der Waals surface area (Å²) in [4.78, 5) is 37.5. The zero-order chi connectivity index (χ0) is 30.9. The molecule has 2 aromatic rings. The Morgan fingerprint density at radius 1 is 1.14 bits per heavy atom. The van der Waals surface area contributed by atoms with Gasteiger partial charge in [-0.05, 0) is 56.4 Å². The van der Waals surface area contributed by atoms with Crippen molar-refractivity contribution in [1.29, 1.82) is 0 Å². The molecular formula is C32H43F2N5O3. The predicted octanol–water partition coefficient (Wildman–Crippen LogP) is 4.02. The number of halogens is 2. The third kappa shape index (κ3) is 8.29. The van der Waals surface area contributed by atoms with Crippen molar-refractivity contribution in [1.82, 2.24) is 20.2 Å². The highest BCUT2D eigenvalue weighted by Crippen LogP contribution is 2.45. The maximum atomic E-state index is 14.6. The Balaban J connectivity index is 2.08. The number of rotatable bonds is 15. The minimum Gasteiger partial charge on any atom is -0.391 e. The van der Waals surface area contributed by atoms with Crippen molar-refractivity contribution in [2.75, 3.05) is 19.6 Å². The van der Waals surface area contributed by atoms with Gasteiger partial charge in [-0.3, -0.25) is 9.59 Å². The van der Waals surface area contributed by atoms with E-state index >= 15 is 0 Å². The molecule has 0 saturated heterocycles. The van der Waals surface area contributed by atoms with Gasteiger partial charge in [-0.1, -0.05) is 38.5 Å². The topological polar surface area (TPSA) is 121 Å². The van der Waals surface area contributed by atoms with Crippen molar-refractivity contribution in [3.05, 3.63) is 82.5 Å². The third-order valence-electron chi connectivity index (χ3n) is 7.60. The van der Waals surface area contributed by atoms with E-state index in [-0.39, 0.29) is 30.9 Å². The molecule has 228 valence electrons. The maximum absolute atomic E-state index is 14.6. The number of carbonyl (C=O) groups is 2. The molecule has 2 amide bonds. The second kappa shape index (κ2) is 15.1. The summed E-state index contributed by atoms with van der Waals surface area (Å²) in [6.45, 7) is 9.06. The molecule has 3 atom stereocenters. The van der Waals surface area contributed by atoms with E-state index in [9.17, 15) is 23.5 Å². The van der Waals surface area contributed by atoms with Crippen LogP contribution in [0, 0.1) is 23.0 Å². The van der Waals surface area contributed by atoms with Crippen molar-refractivity contribution < 1.29 is 23.5 Å². The van der Waals surface area contributed by atoms with Crippen molar-refractivity contribution in [2.45, 2.75) is 72.4 Å². The van der Waals surface area contributed by atoms with Crippen LogP contribution in [0.2, 0.25) is 0 Å². The lowest BCUT2D eigenvalue weighted by atomic mass is 9.63. The number of allylic oxidation sites excluding steroid dienone is 2. The van der Waals surface area contributed by atoms with E-state index in [4.69, 9.17) is 5.73 Å². The Morgan fingerprint density at radius 2 is 1.81 bits per heavy atom. The molecule has 0 saturated carbocycles. The summed E-state index contributed by atoms with van der Waals surface area (Å²) in [6.07, 6.45) is 6.04. The van der Waals surface area contributed by atoms with Gasteiger partial charge in [-0.15, -0.1) is 0 Å². The summed E-state index contributed by atoms with van der Waals surface area (Å²) < 4.78 is 28.6. The van der Waals surface area contributed by atoms with Crippen LogP contribution in [0.15, 0.2) is 53.8 Å². The Kier molecular flexibility index (Phi) is 11.9. The first-order valence-corrected chi connectivity index (χ1v) is 14.7. The van der Waals surface area contributed by atoms with Crippen molar-refractivity contribution >= 4 is 11.8 Å². The summed E-state index contributed by atoms with van der Waals surface area (Å²) in [5, 5.41) is 15.0. The van der Waals surface area contributed by atoms with Crippen molar-refractivity contribution in [3.8, 4) is 0 Å². The number of carbonyl (C=O) groups excluding carboxylic acids is 2. The van der Waals surface area contributed by atoms with Crippen LogP contribution in [0.5, 0.6) is 0 Å². The van der Waals surface area contributed by atoms with E-state index < -0.39 is 35.0 Å². The maximum Gasteiger partial charge on any atom is 0.244 e. The molecule has 0 fully saturated rings. The number of amides is 2. The summed E-state index contributed by atoms with van der Waals surface area (Å²) in [7, 11) is 0. The van der Waals surface area contributed by atoms with Gasteiger partial charge in [0, 0.05) is 56.4 Å². The number of nitrogens with one attached hydrogen (secondary N) is 1. The molecule has 10 heteroatoms. The lowest BCUT2D eigenvalue weighted by molar-refractivity contribution is -0.145. The van der Waals surface area contributed by atoms with Crippen molar-refractivity contribution in [2.24, 2.45) is 17.1 Å². The van der Waals surface area contributed by atoms with Gasteiger partial charge in [0.2, 0.25) is 11.8 Å². The number of nitrogens with two attached hydrogens (primary N) is 1. The lowest BCUT2D eigenvalue weighted by Gasteiger charge is -2.45. The Labute approximate surface area is 247 Å². The van der Waals surface area contributed by atoms with E-state index in [1.807, 2.05) is 20.8 Å². The minimum atomic E-state index is -1.39. The largest absolute Gasteiger partial charge is 0.391 e. The molecule has 1 aliphatic carbocycles. The molecule has 1 unspecified atom stereocenters. The van der Waals surface area contributed by atoms with E-state index in [2.05, 4.69) is 15.3 Å². The molecule has 42 heavy (non-hydrogen) atoms. The van der Waals surface area contributed by atoms with Crippen LogP contribution < -0.4 is 11.1 Å². The first-order valence-electron chi connectivity index (χ1n) is 14.7. The molecule has 4 N–H and O–H groups in total. The number of aliphatic hydroxyl groups excluding tert-OH is 1. The summed E-state index contributed by atoms with van der Waals surface area (Å²) >= 11 is 0. The summed E-state index contributed by atoms with van der Waals surface area (Å²) in [5.41, 5.74) is 6.31. The van der Waals surface area contributed by atoms with Crippen LogP contribution in [0.25, 0.3) is 0 Å². The fourth-order valence-corrected chi connectivity index (χ4v) is 5.83. The number of nitrogens with zero attached hydrogens (tertiary/aromatic N) is 3. The molecule has 0 aliphatic heterocycles. The number of aliphatic hydroxyl groups is 1. The zero-order valence-electron chi connectivity index (χ0n) is 25.0. The molecule has 1 heterocycles. The first kappa shape index (κ1) is 33.0. The smallest absolute Gasteiger partial charge is 0.244 e. The number of primary amides is 1. The molecule has 3 rings (SSSR count). The van der Waals surface area contributed by atoms with Crippen LogP contribution in [-0.2, 0) is 29.0 Å². The Morgan fingerprint density at radius 3 is 2.40 bits per heavy atom. The second-order valence-electron chi connectivity index (χ2n) is 11.0. The number of hydrogen-bond acceptors (Lipinski definition) is 6. The Hall–Kier alpha value is -3.50. The molecule has 8 nitrogen and oxygen atoms in total. The number of hydrogen-bond donors (Lipinski definition) is 3.